The van der Waals surface area contributed by atoms with Gasteiger partial charge in [0, 0.05) is 6.42 Å². The Hall–Kier alpha value is -1.67. The summed E-state index contributed by atoms with van der Waals surface area (Å²) in [6.45, 7) is -0.560. The van der Waals surface area contributed by atoms with Crippen molar-refractivity contribution in [1.82, 2.24) is 16.1 Å². The molecule has 0 aromatic heterocycles. The van der Waals surface area contributed by atoms with Crippen LogP contribution in [0.25, 0.3) is 0 Å². The Bertz CT molecular complexity index is 306. The van der Waals surface area contributed by atoms with Gasteiger partial charge in [-0.1, -0.05) is 0 Å². The first-order valence-electron chi connectivity index (χ1n) is 4.79. The third-order valence-electron chi connectivity index (χ3n) is 2.27. The van der Waals surface area contributed by atoms with Crippen LogP contribution in [-0.4, -0.2) is 41.5 Å². The predicted molar refractivity (Wildman–Crippen MR) is 52.5 cm³/mol. The van der Waals surface area contributed by atoms with E-state index in [1.165, 1.54) is 0 Å². The monoisotopic (exact) mass is 230 g/mol. The van der Waals surface area contributed by atoms with Gasteiger partial charge in [-0.3, -0.25) is 19.8 Å². The second-order valence-electron chi connectivity index (χ2n) is 3.41. The topological polar surface area (TPSA) is 134 Å². The lowest BCUT2D eigenvalue weighted by Gasteiger charge is -2.17. The smallest absolute Gasteiger partial charge is 0.258 e. The molecule has 0 aliphatic carbocycles. The summed E-state index contributed by atoms with van der Waals surface area (Å²) < 4.78 is 0. The molecule has 16 heavy (non-hydrogen) atoms. The van der Waals surface area contributed by atoms with Crippen molar-refractivity contribution in [2.24, 2.45) is 5.84 Å². The van der Waals surface area contributed by atoms with Crippen molar-refractivity contribution in [3.05, 3.63) is 0 Å². The van der Waals surface area contributed by atoms with E-state index in [-0.39, 0.29) is 12.3 Å². The highest BCUT2D eigenvalue weighted by Crippen LogP contribution is 2.06. The van der Waals surface area contributed by atoms with Gasteiger partial charge in [-0.05, 0) is 6.42 Å². The van der Waals surface area contributed by atoms with E-state index >= 15 is 0 Å². The van der Waals surface area contributed by atoms with E-state index in [9.17, 15) is 14.4 Å². The van der Waals surface area contributed by atoms with Crippen LogP contribution in [0.4, 0.5) is 0 Å². The largest absolute Gasteiger partial charge is 0.394 e. The molecule has 8 heteroatoms. The number of carbonyl (C=O) groups is 3. The number of rotatable bonds is 4. The van der Waals surface area contributed by atoms with Crippen molar-refractivity contribution in [3.63, 3.8) is 0 Å². The van der Waals surface area contributed by atoms with Gasteiger partial charge in [-0.25, -0.2) is 5.84 Å². The second-order valence-corrected chi connectivity index (χ2v) is 3.41. The highest BCUT2D eigenvalue weighted by Gasteiger charge is 2.29. The maximum atomic E-state index is 11.5. The fourth-order valence-corrected chi connectivity index (χ4v) is 1.38. The summed E-state index contributed by atoms with van der Waals surface area (Å²) in [5.41, 5.74) is 1.82. The summed E-state index contributed by atoms with van der Waals surface area (Å²) in [5.74, 6) is 3.46. The number of aliphatic hydroxyl groups is 1. The number of carbonyl (C=O) groups excluding carboxylic acids is 3. The van der Waals surface area contributed by atoms with Gasteiger partial charge in [0.2, 0.25) is 11.8 Å². The molecule has 0 aromatic rings. The lowest BCUT2D eigenvalue weighted by atomic mass is 10.2. The van der Waals surface area contributed by atoms with Crippen molar-refractivity contribution >= 4 is 17.7 Å². The zero-order chi connectivity index (χ0) is 12.1. The fraction of sp³-hybridized carbons (Fsp3) is 0.625. The quantitative estimate of drug-likeness (QED) is 0.196. The number of amides is 3. The lowest BCUT2D eigenvalue weighted by Crippen LogP contribution is -2.54. The van der Waals surface area contributed by atoms with E-state index in [0.29, 0.717) is 6.42 Å². The molecule has 90 valence electrons. The molecule has 1 heterocycles. The summed E-state index contributed by atoms with van der Waals surface area (Å²) in [6, 6.07) is -1.75. The average Bonchev–Trinajstić information content (AvgIpc) is 2.71. The summed E-state index contributed by atoms with van der Waals surface area (Å²) in [6.07, 6.45) is 0.665. The van der Waals surface area contributed by atoms with Crippen LogP contribution < -0.4 is 21.9 Å². The molecule has 1 aliphatic rings. The van der Waals surface area contributed by atoms with E-state index in [0.717, 1.165) is 0 Å². The molecular weight excluding hydrogens is 216 g/mol. The highest BCUT2D eigenvalue weighted by molar-refractivity contribution is 5.93. The first-order chi connectivity index (χ1) is 7.58. The minimum atomic E-state index is -1.10. The molecule has 0 radical (unpaired) electrons. The molecule has 0 saturated carbocycles. The zero-order valence-corrected chi connectivity index (χ0v) is 8.53. The maximum Gasteiger partial charge on any atom is 0.258 e. The molecule has 0 spiro atoms. The van der Waals surface area contributed by atoms with Gasteiger partial charge >= 0.3 is 0 Å². The minimum absolute atomic E-state index is 0.205. The molecule has 8 nitrogen and oxygen atoms in total. The average molecular weight is 230 g/mol. The van der Waals surface area contributed by atoms with Gasteiger partial charge < -0.3 is 15.7 Å². The normalized spacial score (nSPS) is 21.1. The number of nitrogens with two attached hydrogens (primary N) is 1. The molecule has 1 aliphatic heterocycles. The Labute approximate surface area is 91.5 Å². The fourth-order valence-electron chi connectivity index (χ4n) is 1.38. The minimum Gasteiger partial charge on any atom is -0.394 e. The summed E-state index contributed by atoms with van der Waals surface area (Å²) in [4.78, 5) is 33.4. The zero-order valence-electron chi connectivity index (χ0n) is 8.53. The van der Waals surface area contributed by atoms with Crippen LogP contribution in [0.5, 0.6) is 0 Å². The number of hydrogen-bond acceptors (Lipinski definition) is 5. The molecule has 6 N–H and O–H groups in total. The molecule has 1 fully saturated rings. The van der Waals surface area contributed by atoms with E-state index in [1.54, 1.807) is 0 Å². The van der Waals surface area contributed by atoms with Crippen molar-refractivity contribution in [2.75, 3.05) is 6.61 Å². The molecular formula is C8H14N4O4. The van der Waals surface area contributed by atoms with Crippen LogP contribution in [-0.2, 0) is 14.4 Å². The number of hydrazine groups is 1. The van der Waals surface area contributed by atoms with Crippen LogP contribution in [0.2, 0.25) is 0 Å². The van der Waals surface area contributed by atoms with Crippen molar-refractivity contribution in [1.29, 1.82) is 0 Å². The van der Waals surface area contributed by atoms with Gasteiger partial charge in [0.05, 0.1) is 6.61 Å². The summed E-state index contributed by atoms with van der Waals surface area (Å²) in [5, 5.41) is 13.6. The molecule has 1 rings (SSSR count). The van der Waals surface area contributed by atoms with Crippen LogP contribution in [0.1, 0.15) is 12.8 Å². The standard InChI is InChI=1S/C8H14N4O4/c9-12-8(16)5(3-13)11-7(15)4-1-2-6(14)10-4/h4-5,13H,1-3,9H2,(H,10,14)(H,11,15)(H,12,16)/t4-,5-/m0/s1. The third-order valence-corrected chi connectivity index (χ3v) is 2.27. The van der Waals surface area contributed by atoms with Gasteiger partial charge in [-0.15, -0.1) is 0 Å². The maximum absolute atomic E-state index is 11.5. The van der Waals surface area contributed by atoms with Crippen molar-refractivity contribution < 1.29 is 19.5 Å². The molecule has 1 saturated heterocycles. The van der Waals surface area contributed by atoms with Gasteiger partial charge in [-0.2, -0.15) is 0 Å². The van der Waals surface area contributed by atoms with E-state index in [2.05, 4.69) is 10.6 Å². The molecule has 3 amide bonds. The Kier molecular flexibility index (Phi) is 4.20. The van der Waals surface area contributed by atoms with Gasteiger partial charge in [0.15, 0.2) is 0 Å². The SMILES string of the molecule is NNC(=O)[C@H](CO)NC(=O)[C@@H]1CCC(=O)N1. The van der Waals surface area contributed by atoms with Crippen LogP contribution in [0.15, 0.2) is 0 Å². The first kappa shape index (κ1) is 12.4. The van der Waals surface area contributed by atoms with Crippen molar-refractivity contribution in [2.45, 2.75) is 24.9 Å². The third kappa shape index (κ3) is 2.91. The molecule has 2 atom stereocenters. The number of nitrogens with one attached hydrogen (secondary N) is 3. The Morgan fingerprint density at radius 2 is 2.31 bits per heavy atom. The number of hydrogen-bond donors (Lipinski definition) is 5. The van der Waals surface area contributed by atoms with E-state index in [4.69, 9.17) is 10.9 Å². The van der Waals surface area contributed by atoms with Gasteiger partial charge in [0.1, 0.15) is 12.1 Å². The lowest BCUT2D eigenvalue weighted by molar-refractivity contribution is -0.131. The summed E-state index contributed by atoms with van der Waals surface area (Å²) in [7, 11) is 0. The van der Waals surface area contributed by atoms with Crippen LogP contribution in [0.3, 0.4) is 0 Å². The Balaban J connectivity index is 2.49. The van der Waals surface area contributed by atoms with Crippen LogP contribution >= 0.6 is 0 Å². The predicted octanol–water partition coefficient (Wildman–Crippen LogP) is -3.27. The first-order valence-corrected chi connectivity index (χ1v) is 4.79. The van der Waals surface area contributed by atoms with Crippen LogP contribution in [0, 0.1) is 0 Å². The Morgan fingerprint density at radius 3 is 2.75 bits per heavy atom. The molecule has 0 aromatic carbocycles. The second kappa shape index (κ2) is 5.42. The van der Waals surface area contributed by atoms with E-state index in [1.807, 2.05) is 5.43 Å². The van der Waals surface area contributed by atoms with E-state index < -0.39 is 30.5 Å². The molecule has 0 unspecified atom stereocenters. The van der Waals surface area contributed by atoms with Gasteiger partial charge in [0.25, 0.3) is 5.91 Å². The highest BCUT2D eigenvalue weighted by atomic mass is 16.3. The van der Waals surface area contributed by atoms with Crippen molar-refractivity contribution in [3.8, 4) is 0 Å². The molecule has 0 bridgehead atoms. The summed E-state index contributed by atoms with van der Waals surface area (Å²) >= 11 is 0. The number of aliphatic hydroxyl groups excluding tert-OH is 1. The Morgan fingerprint density at radius 1 is 1.62 bits per heavy atom.